The van der Waals surface area contributed by atoms with Gasteiger partial charge in [-0.3, -0.25) is 4.79 Å². The largest absolute Gasteiger partial charge is 0.495 e. The Balaban J connectivity index is 1.77. The van der Waals surface area contributed by atoms with Crippen LogP contribution in [-0.2, 0) is 11.2 Å². The van der Waals surface area contributed by atoms with Crippen molar-refractivity contribution in [1.29, 1.82) is 0 Å². The number of hydrogen-bond acceptors (Lipinski definition) is 5. The highest BCUT2D eigenvalue weighted by atomic mass is 32.1. The van der Waals surface area contributed by atoms with Crippen molar-refractivity contribution in [2.24, 2.45) is 0 Å². The molecule has 1 aromatic heterocycles. The van der Waals surface area contributed by atoms with Gasteiger partial charge in [-0.2, -0.15) is 0 Å². The number of thiazole rings is 1. The van der Waals surface area contributed by atoms with E-state index in [2.05, 4.69) is 21.3 Å². The Kier molecular flexibility index (Phi) is 4.06. The van der Waals surface area contributed by atoms with E-state index < -0.39 is 0 Å². The molecular formula is C15H17N3O2S. The Morgan fingerprint density at radius 3 is 3.19 bits per heavy atom. The molecule has 0 spiro atoms. The summed E-state index contributed by atoms with van der Waals surface area (Å²) >= 11 is 1.42. The quantitative estimate of drug-likeness (QED) is 0.943. The molecule has 0 bridgehead atoms. The van der Waals surface area contributed by atoms with Gasteiger partial charge in [0, 0.05) is 18.1 Å². The number of nitrogens with one attached hydrogen (secondary N) is 1. The van der Waals surface area contributed by atoms with E-state index in [1.54, 1.807) is 13.3 Å². The normalized spacial score (nSPS) is 13.7. The summed E-state index contributed by atoms with van der Waals surface area (Å²) in [6.45, 7) is 1.17. The van der Waals surface area contributed by atoms with Crippen molar-refractivity contribution in [1.82, 2.24) is 4.98 Å². The first kappa shape index (κ1) is 13.9. The standard InChI is InChI=1S/C15H17N3O2S/c1-20-12-6-2-4-11-5-3-8-18(14(11)12)10-13(19)17-15-16-7-9-21-15/h2,4,6-7,9H,3,5,8,10H2,1H3,(H,16,17,19). The van der Waals surface area contributed by atoms with E-state index in [9.17, 15) is 4.79 Å². The summed E-state index contributed by atoms with van der Waals surface area (Å²) < 4.78 is 5.45. The summed E-state index contributed by atoms with van der Waals surface area (Å²) in [5, 5.41) is 5.30. The molecule has 2 heterocycles. The highest BCUT2D eigenvalue weighted by Gasteiger charge is 2.22. The van der Waals surface area contributed by atoms with Crippen LogP contribution >= 0.6 is 11.3 Å². The van der Waals surface area contributed by atoms with Crippen molar-refractivity contribution in [3.8, 4) is 5.75 Å². The Bertz CT molecular complexity index is 614. The van der Waals surface area contributed by atoms with Gasteiger partial charge in [0.05, 0.1) is 19.3 Å². The molecule has 6 heteroatoms. The number of benzene rings is 1. The zero-order chi connectivity index (χ0) is 14.7. The fourth-order valence-electron chi connectivity index (χ4n) is 2.64. The average molecular weight is 303 g/mol. The number of hydrogen-bond donors (Lipinski definition) is 1. The molecule has 0 unspecified atom stereocenters. The smallest absolute Gasteiger partial charge is 0.245 e. The summed E-state index contributed by atoms with van der Waals surface area (Å²) in [5.41, 5.74) is 2.28. The van der Waals surface area contributed by atoms with Crippen LogP contribution in [0.25, 0.3) is 0 Å². The molecule has 0 atom stereocenters. The fraction of sp³-hybridized carbons (Fsp3) is 0.333. The van der Waals surface area contributed by atoms with Gasteiger partial charge < -0.3 is 15.0 Å². The van der Waals surface area contributed by atoms with E-state index in [4.69, 9.17) is 4.74 Å². The Morgan fingerprint density at radius 2 is 2.43 bits per heavy atom. The van der Waals surface area contributed by atoms with Crippen LogP contribution in [0.4, 0.5) is 10.8 Å². The number of anilines is 2. The van der Waals surface area contributed by atoms with Crippen LogP contribution < -0.4 is 15.0 Å². The lowest BCUT2D eigenvalue weighted by Crippen LogP contribution is -2.37. The predicted octanol–water partition coefficient (Wildman–Crippen LogP) is 2.54. The topological polar surface area (TPSA) is 54.5 Å². The Morgan fingerprint density at radius 1 is 1.52 bits per heavy atom. The maximum absolute atomic E-state index is 12.2. The van der Waals surface area contributed by atoms with Crippen molar-refractivity contribution in [2.75, 3.05) is 30.4 Å². The monoisotopic (exact) mass is 303 g/mol. The maximum atomic E-state index is 12.2. The molecule has 0 aliphatic carbocycles. The molecule has 5 nitrogen and oxygen atoms in total. The third-order valence-electron chi connectivity index (χ3n) is 3.51. The summed E-state index contributed by atoms with van der Waals surface area (Å²) in [7, 11) is 1.66. The summed E-state index contributed by atoms with van der Waals surface area (Å²) in [6, 6.07) is 6.04. The number of carbonyl (C=O) groups is 1. The zero-order valence-corrected chi connectivity index (χ0v) is 12.7. The molecule has 3 rings (SSSR count). The number of methoxy groups -OCH3 is 1. The highest BCUT2D eigenvalue weighted by molar-refractivity contribution is 7.13. The first-order valence-electron chi connectivity index (χ1n) is 6.88. The van der Waals surface area contributed by atoms with Crippen molar-refractivity contribution in [3.05, 3.63) is 35.3 Å². The lowest BCUT2D eigenvalue weighted by molar-refractivity contribution is -0.115. The number of rotatable bonds is 4. The number of aromatic nitrogens is 1. The number of ether oxygens (including phenoxy) is 1. The molecule has 0 fully saturated rings. The van der Waals surface area contributed by atoms with E-state index in [0.717, 1.165) is 30.8 Å². The number of para-hydroxylation sites is 1. The minimum absolute atomic E-state index is 0.0521. The summed E-state index contributed by atoms with van der Waals surface area (Å²) in [5.74, 6) is 0.776. The van der Waals surface area contributed by atoms with Gasteiger partial charge in [-0.05, 0) is 24.5 Å². The first-order chi connectivity index (χ1) is 10.3. The molecule has 1 aliphatic heterocycles. The fourth-order valence-corrected chi connectivity index (χ4v) is 3.19. The molecule has 0 saturated carbocycles. The van der Waals surface area contributed by atoms with Crippen LogP contribution in [0.3, 0.4) is 0 Å². The van der Waals surface area contributed by atoms with E-state index in [1.807, 2.05) is 17.5 Å². The SMILES string of the molecule is COc1cccc2c1N(CC(=O)Nc1nccs1)CCC2. The summed E-state index contributed by atoms with van der Waals surface area (Å²) in [6.07, 6.45) is 3.75. The number of carbonyl (C=O) groups excluding carboxylic acids is 1. The Labute approximate surface area is 127 Å². The first-order valence-corrected chi connectivity index (χ1v) is 7.76. The minimum Gasteiger partial charge on any atom is -0.495 e. The third kappa shape index (κ3) is 3.00. The molecule has 110 valence electrons. The molecule has 1 N–H and O–H groups in total. The molecule has 21 heavy (non-hydrogen) atoms. The molecule has 0 saturated heterocycles. The second kappa shape index (κ2) is 6.13. The number of aryl methyl sites for hydroxylation is 1. The lowest BCUT2D eigenvalue weighted by atomic mass is 10.0. The molecule has 1 aromatic carbocycles. The molecule has 1 aliphatic rings. The predicted molar refractivity (Wildman–Crippen MR) is 84.3 cm³/mol. The van der Waals surface area contributed by atoms with Crippen LogP contribution in [0.15, 0.2) is 29.8 Å². The van der Waals surface area contributed by atoms with E-state index in [1.165, 1.54) is 16.9 Å². The van der Waals surface area contributed by atoms with Gasteiger partial charge >= 0.3 is 0 Å². The molecular weight excluding hydrogens is 286 g/mol. The maximum Gasteiger partial charge on any atom is 0.245 e. The van der Waals surface area contributed by atoms with Gasteiger partial charge in [-0.25, -0.2) is 4.98 Å². The Hall–Kier alpha value is -2.08. The van der Waals surface area contributed by atoms with Crippen molar-refractivity contribution in [2.45, 2.75) is 12.8 Å². The molecule has 0 radical (unpaired) electrons. The van der Waals surface area contributed by atoms with Crippen molar-refractivity contribution < 1.29 is 9.53 Å². The van der Waals surface area contributed by atoms with Crippen LogP contribution in [0.1, 0.15) is 12.0 Å². The second-order valence-electron chi connectivity index (χ2n) is 4.88. The van der Waals surface area contributed by atoms with Gasteiger partial charge in [0.1, 0.15) is 5.75 Å². The highest BCUT2D eigenvalue weighted by Crippen LogP contribution is 2.35. The van der Waals surface area contributed by atoms with Gasteiger partial charge in [-0.15, -0.1) is 11.3 Å². The number of amides is 1. The zero-order valence-electron chi connectivity index (χ0n) is 11.8. The van der Waals surface area contributed by atoms with Crippen LogP contribution in [0.2, 0.25) is 0 Å². The lowest BCUT2D eigenvalue weighted by Gasteiger charge is -2.31. The molecule has 1 amide bonds. The van der Waals surface area contributed by atoms with Crippen molar-refractivity contribution in [3.63, 3.8) is 0 Å². The van der Waals surface area contributed by atoms with Gasteiger partial charge in [0.15, 0.2) is 5.13 Å². The average Bonchev–Trinajstić information content (AvgIpc) is 2.99. The van der Waals surface area contributed by atoms with Crippen molar-refractivity contribution >= 4 is 28.1 Å². The van der Waals surface area contributed by atoms with E-state index in [0.29, 0.717) is 11.7 Å². The van der Waals surface area contributed by atoms with Crippen LogP contribution in [0, 0.1) is 0 Å². The summed E-state index contributed by atoms with van der Waals surface area (Å²) in [4.78, 5) is 18.3. The van der Waals surface area contributed by atoms with E-state index in [-0.39, 0.29) is 5.91 Å². The van der Waals surface area contributed by atoms with Gasteiger partial charge in [0.25, 0.3) is 0 Å². The number of fused-ring (bicyclic) bond motifs is 1. The third-order valence-corrected chi connectivity index (χ3v) is 4.19. The van der Waals surface area contributed by atoms with E-state index >= 15 is 0 Å². The number of nitrogens with zero attached hydrogens (tertiary/aromatic N) is 2. The van der Waals surface area contributed by atoms with Crippen LogP contribution in [0.5, 0.6) is 5.75 Å². The van der Waals surface area contributed by atoms with Gasteiger partial charge in [0.2, 0.25) is 5.91 Å². The molecule has 2 aromatic rings. The second-order valence-corrected chi connectivity index (χ2v) is 5.77. The van der Waals surface area contributed by atoms with Crippen LogP contribution in [-0.4, -0.2) is 31.1 Å². The van der Waals surface area contributed by atoms with Gasteiger partial charge in [-0.1, -0.05) is 12.1 Å². The minimum atomic E-state index is -0.0521.